The Kier molecular flexibility index (Phi) is 5.31. The van der Waals surface area contributed by atoms with Crippen LogP contribution in [0, 0.1) is 13.8 Å². The molecule has 1 amide bonds. The maximum absolute atomic E-state index is 13.4. The summed E-state index contributed by atoms with van der Waals surface area (Å²) in [6, 6.07) is 21.0. The lowest BCUT2D eigenvalue weighted by molar-refractivity contribution is 0.0979. The monoisotopic (exact) mass is 359 g/mol. The van der Waals surface area contributed by atoms with Crippen LogP contribution in [-0.4, -0.2) is 17.1 Å². The number of phenols is 1. The summed E-state index contributed by atoms with van der Waals surface area (Å²) in [7, 11) is 0. The van der Waals surface area contributed by atoms with Gasteiger partial charge in [0.1, 0.15) is 5.75 Å². The van der Waals surface area contributed by atoms with Gasteiger partial charge in [-0.15, -0.1) is 0 Å². The number of hydrogen-bond acceptors (Lipinski definition) is 2. The highest BCUT2D eigenvalue weighted by Crippen LogP contribution is 2.29. The molecule has 0 radical (unpaired) electrons. The number of anilines is 1. The van der Waals surface area contributed by atoms with Crippen LogP contribution >= 0.6 is 0 Å². The molecule has 3 aromatic carbocycles. The number of aryl methyl sites for hydroxylation is 2. The van der Waals surface area contributed by atoms with Crippen molar-refractivity contribution < 1.29 is 9.90 Å². The molecule has 0 aliphatic carbocycles. The van der Waals surface area contributed by atoms with Gasteiger partial charge in [-0.25, -0.2) is 0 Å². The molecule has 1 N–H and O–H groups in total. The molecule has 0 atom stereocenters. The number of carbonyl (C=O) groups is 1. The van der Waals surface area contributed by atoms with E-state index in [2.05, 4.69) is 0 Å². The lowest BCUT2D eigenvalue weighted by Crippen LogP contribution is -2.37. The average molecular weight is 359 g/mol. The molecule has 0 aliphatic rings. The topological polar surface area (TPSA) is 40.5 Å². The van der Waals surface area contributed by atoms with Crippen LogP contribution in [0.25, 0.3) is 11.1 Å². The summed E-state index contributed by atoms with van der Waals surface area (Å²) in [5, 5.41) is 9.50. The fraction of sp³-hybridized carbons (Fsp3) is 0.208. The molecule has 3 nitrogen and oxygen atoms in total. The van der Waals surface area contributed by atoms with E-state index in [0.717, 1.165) is 33.5 Å². The van der Waals surface area contributed by atoms with Crippen LogP contribution in [0.4, 0.5) is 5.69 Å². The number of phenolic OH excluding ortho intramolecular Hbond substituents is 1. The Morgan fingerprint density at radius 2 is 1.41 bits per heavy atom. The minimum atomic E-state index is 0.0171. The van der Waals surface area contributed by atoms with Crippen molar-refractivity contribution in [3.05, 3.63) is 83.4 Å². The summed E-state index contributed by atoms with van der Waals surface area (Å²) in [4.78, 5) is 15.3. The van der Waals surface area contributed by atoms with Crippen molar-refractivity contribution in [3.8, 4) is 16.9 Å². The first-order chi connectivity index (χ1) is 12.9. The summed E-state index contributed by atoms with van der Waals surface area (Å²) in [5.41, 5.74) is 5.60. The Balaban J connectivity index is 2.03. The van der Waals surface area contributed by atoms with Crippen LogP contribution in [0.5, 0.6) is 5.75 Å². The van der Waals surface area contributed by atoms with Gasteiger partial charge in [0.05, 0.1) is 0 Å². The van der Waals surface area contributed by atoms with Gasteiger partial charge in [-0.3, -0.25) is 4.79 Å². The number of aromatic hydroxyl groups is 1. The first kappa shape index (κ1) is 18.7. The molecule has 0 heterocycles. The van der Waals surface area contributed by atoms with E-state index in [1.54, 1.807) is 12.1 Å². The predicted molar refractivity (Wildman–Crippen MR) is 111 cm³/mol. The molecule has 3 rings (SSSR count). The van der Waals surface area contributed by atoms with Crippen molar-refractivity contribution in [1.82, 2.24) is 0 Å². The van der Waals surface area contributed by atoms with Crippen LogP contribution in [0.1, 0.15) is 35.3 Å². The first-order valence-corrected chi connectivity index (χ1v) is 9.17. The van der Waals surface area contributed by atoms with Crippen molar-refractivity contribution in [2.75, 3.05) is 4.90 Å². The zero-order valence-electron chi connectivity index (χ0n) is 16.2. The zero-order valence-corrected chi connectivity index (χ0v) is 16.2. The SMILES string of the molecule is Cc1cc(-c2ccc(O)cc2)cc(C)c1C(=O)N(c1ccccc1)C(C)C. The summed E-state index contributed by atoms with van der Waals surface area (Å²) in [6.07, 6.45) is 0. The summed E-state index contributed by atoms with van der Waals surface area (Å²) < 4.78 is 0. The molecule has 0 fully saturated rings. The Hall–Kier alpha value is -3.07. The summed E-state index contributed by atoms with van der Waals surface area (Å²) in [5.74, 6) is 0.262. The third-order valence-corrected chi connectivity index (χ3v) is 4.72. The van der Waals surface area contributed by atoms with Gasteiger partial charge in [0.15, 0.2) is 0 Å². The van der Waals surface area contributed by atoms with E-state index in [9.17, 15) is 9.90 Å². The van der Waals surface area contributed by atoms with Crippen molar-refractivity contribution in [3.63, 3.8) is 0 Å². The van der Waals surface area contributed by atoms with E-state index in [1.165, 1.54) is 0 Å². The minimum Gasteiger partial charge on any atom is -0.508 e. The van der Waals surface area contributed by atoms with Crippen molar-refractivity contribution in [1.29, 1.82) is 0 Å². The molecule has 0 unspecified atom stereocenters. The number of para-hydroxylation sites is 1. The van der Waals surface area contributed by atoms with Crippen LogP contribution < -0.4 is 4.90 Å². The van der Waals surface area contributed by atoms with Gasteiger partial charge in [-0.1, -0.05) is 42.5 Å². The molecule has 0 saturated heterocycles. The number of amides is 1. The van der Waals surface area contributed by atoms with E-state index in [-0.39, 0.29) is 17.7 Å². The van der Waals surface area contributed by atoms with Gasteiger partial charge in [-0.05, 0) is 74.2 Å². The van der Waals surface area contributed by atoms with Crippen molar-refractivity contribution in [2.45, 2.75) is 33.7 Å². The van der Waals surface area contributed by atoms with E-state index in [0.29, 0.717) is 0 Å². The normalized spacial score (nSPS) is 10.9. The number of hydrogen-bond donors (Lipinski definition) is 1. The fourth-order valence-corrected chi connectivity index (χ4v) is 3.48. The van der Waals surface area contributed by atoms with Gasteiger partial charge >= 0.3 is 0 Å². The molecule has 3 heteroatoms. The molecule has 138 valence electrons. The van der Waals surface area contributed by atoms with Gasteiger partial charge in [0.25, 0.3) is 5.91 Å². The quantitative estimate of drug-likeness (QED) is 0.646. The van der Waals surface area contributed by atoms with Crippen LogP contribution in [-0.2, 0) is 0 Å². The molecule has 0 aliphatic heterocycles. The standard InChI is InChI=1S/C24H25NO2/c1-16(2)25(21-8-6-5-7-9-21)24(27)23-17(3)14-20(15-18(23)4)19-10-12-22(26)13-11-19/h5-16,26H,1-4H3. The summed E-state index contributed by atoms with van der Waals surface area (Å²) in [6.45, 7) is 8.02. The molecule has 0 aromatic heterocycles. The lowest BCUT2D eigenvalue weighted by atomic mass is 9.94. The lowest BCUT2D eigenvalue weighted by Gasteiger charge is -2.28. The largest absolute Gasteiger partial charge is 0.508 e. The second kappa shape index (κ2) is 7.67. The Bertz CT molecular complexity index is 921. The van der Waals surface area contributed by atoms with Crippen molar-refractivity contribution >= 4 is 11.6 Å². The number of nitrogens with zero attached hydrogens (tertiary/aromatic N) is 1. The third kappa shape index (κ3) is 3.87. The molecular weight excluding hydrogens is 334 g/mol. The van der Waals surface area contributed by atoms with E-state index >= 15 is 0 Å². The molecular formula is C24H25NO2. The van der Waals surface area contributed by atoms with Crippen LogP contribution in [0.15, 0.2) is 66.7 Å². The van der Waals surface area contributed by atoms with Gasteiger partial charge in [0, 0.05) is 17.3 Å². The van der Waals surface area contributed by atoms with E-state index in [1.807, 2.05) is 87.2 Å². The second-order valence-corrected chi connectivity index (χ2v) is 7.14. The zero-order chi connectivity index (χ0) is 19.6. The number of benzene rings is 3. The highest BCUT2D eigenvalue weighted by atomic mass is 16.3. The maximum Gasteiger partial charge on any atom is 0.259 e. The van der Waals surface area contributed by atoms with Crippen LogP contribution in [0.2, 0.25) is 0 Å². The van der Waals surface area contributed by atoms with E-state index < -0.39 is 0 Å². The smallest absolute Gasteiger partial charge is 0.259 e. The van der Waals surface area contributed by atoms with Gasteiger partial charge < -0.3 is 10.0 Å². The number of rotatable bonds is 4. The Morgan fingerprint density at radius 1 is 0.852 bits per heavy atom. The minimum absolute atomic E-state index is 0.0171. The second-order valence-electron chi connectivity index (χ2n) is 7.14. The Morgan fingerprint density at radius 3 is 1.93 bits per heavy atom. The maximum atomic E-state index is 13.4. The highest BCUT2D eigenvalue weighted by Gasteiger charge is 2.24. The molecule has 0 saturated carbocycles. The first-order valence-electron chi connectivity index (χ1n) is 9.17. The molecule has 0 bridgehead atoms. The fourth-order valence-electron chi connectivity index (χ4n) is 3.48. The van der Waals surface area contributed by atoms with Gasteiger partial charge in [0.2, 0.25) is 0 Å². The third-order valence-electron chi connectivity index (χ3n) is 4.72. The van der Waals surface area contributed by atoms with Gasteiger partial charge in [-0.2, -0.15) is 0 Å². The highest BCUT2D eigenvalue weighted by molar-refractivity contribution is 6.08. The molecule has 3 aromatic rings. The van der Waals surface area contributed by atoms with E-state index in [4.69, 9.17) is 0 Å². The van der Waals surface area contributed by atoms with Crippen molar-refractivity contribution in [2.24, 2.45) is 0 Å². The predicted octanol–water partition coefficient (Wildman–Crippen LogP) is 5.73. The molecule has 27 heavy (non-hydrogen) atoms. The van der Waals surface area contributed by atoms with Crippen LogP contribution in [0.3, 0.4) is 0 Å². The number of carbonyl (C=O) groups excluding carboxylic acids is 1. The summed E-state index contributed by atoms with van der Waals surface area (Å²) >= 11 is 0. The average Bonchev–Trinajstić information content (AvgIpc) is 2.62. The Labute approximate surface area is 160 Å². The molecule has 0 spiro atoms.